The number of nitrogens with two attached hydrogens (primary N) is 1. The highest BCUT2D eigenvalue weighted by Crippen LogP contribution is 2.26. The maximum absolute atomic E-state index is 11.4. The molecule has 102 valence electrons. The zero-order chi connectivity index (χ0) is 13.8. The molecule has 0 saturated heterocycles. The summed E-state index contributed by atoms with van der Waals surface area (Å²) in [7, 11) is 0. The molecule has 0 aromatic carbocycles. The van der Waals surface area contributed by atoms with Crippen molar-refractivity contribution < 1.29 is 9.72 Å². The molecule has 0 bridgehead atoms. The first-order valence-electron chi connectivity index (χ1n) is 6.24. The Morgan fingerprint density at radius 3 is 2.74 bits per heavy atom. The highest BCUT2D eigenvalue weighted by molar-refractivity contribution is 5.78. The molecule has 19 heavy (non-hydrogen) atoms. The predicted octanol–water partition coefficient (Wildman–Crippen LogP) is 1.45. The van der Waals surface area contributed by atoms with E-state index in [-0.39, 0.29) is 23.6 Å². The highest BCUT2D eigenvalue weighted by atomic mass is 16.6. The molecule has 7 nitrogen and oxygen atoms in total. The van der Waals surface area contributed by atoms with Crippen molar-refractivity contribution in [1.29, 1.82) is 0 Å². The molecule has 1 aliphatic rings. The number of aromatic nitrogens is 1. The molecule has 7 heteroatoms. The number of nitrogens with zero attached hydrogens (tertiary/aromatic N) is 2. The van der Waals surface area contributed by atoms with E-state index in [1.54, 1.807) is 6.07 Å². The lowest BCUT2D eigenvalue weighted by atomic mass is 9.84. The van der Waals surface area contributed by atoms with Crippen molar-refractivity contribution in [2.75, 3.05) is 5.32 Å². The average Bonchev–Trinajstić information content (AvgIpc) is 2.39. The number of anilines is 1. The van der Waals surface area contributed by atoms with E-state index in [2.05, 4.69) is 10.3 Å². The van der Waals surface area contributed by atoms with Gasteiger partial charge in [-0.05, 0) is 18.9 Å². The van der Waals surface area contributed by atoms with Crippen LogP contribution in [0.5, 0.6) is 0 Å². The number of hydrogen-bond acceptors (Lipinski definition) is 5. The Bertz CT molecular complexity index is 474. The molecule has 1 fully saturated rings. The molecule has 2 unspecified atom stereocenters. The summed E-state index contributed by atoms with van der Waals surface area (Å²) in [6.45, 7) is 0. The minimum Gasteiger partial charge on any atom is -0.369 e. The number of hydrogen-bond donors (Lipinski definition) is 2. The Morgan fingerprint density at radius 2 is 2.16 bits per heavy atom. The summed E-state index contributed by atoms with van der Waals surface area (Å²) in [4.78, 5) is 25.4. The third kappa shape index (κ3) is 3.18. The summed E-state index contributed by atoms with van der Waals surface area (Å²) in [5.41, 5.74) is 5.33. The van der Waals surface area contributed by atoms with Gasteiger partial charge in [-0.25, -0.2) is 4.98 Å². The topological polar surface area (TPSA) is 111 Å². The minimum atomic E-state index is -0.496. The Morgan fingerprint density at radius 1 is 1.42 bits per heavy atom. The van der Waals surface area contributed by atoms with Crippen LogP contribution in [0.3, 0.4) is 0 Å². The smallest absolute Gasteiger partial charge is 0.287 e. The number of pyridine rings is 1. The van der Waals surface area contributed by atoms with Crippen molar-refractivity contribution >= 4 is 17.4 Å². The van der Waals surface area contributed by atoms with Gasteiger partial charge in [0.15, 0.2) is 0 Å². The summed E-state index contributed by atoms with van der Waals surface area (Å²) in [5, 5.41) is 13.7. The van der Waals surface area contributed by atoms with Gasteiger partial charge in [0.1, 0.15) is 12.0 Å². The molecule has 0 aliphatic heterocycles. The van der Waals surface area contributed by atoms with Gasteiger partial charge in [0.25, 0.3) is 5.69 Å². The van der Waals surface area contributed by atoms with E-state index < -0.39 is 4.92 Å². The summed E-state index contributed by atoms with van der Waals surface area (Å²) in [6, 6.07) is 2.89. The summed E-state index contributed by atoms with van der Waals surface area (Å²) >= 11 is 0. The molecule has 1 aliphatic carbocycles. The van der Waals surface area contributed by atoms with Gasteiger partial charge in [-0.1, -0.05) is 12.8 Å². The molecule has 0 radical (unpaired) electrons. The Hall–Kier alpha value is -2.18. The van der Waals surface area contributed by atoms with Crippen LogP contribution in [0, 0.1) is 16.0 Å². The van der Waals surface area contributed by atoms with Gasteiger partial charge in [-0.3, -0.25) is 14.9 Å². The first kappa shape index (κ1) is 13.3. The van der Waals surface area contributed by atoms with Crippen molar-refractivity contribution in [2.45, 2.75) is 31.7 Å². The van der Waals surface area contributed by atoms with Gasteiger partial charge in [-0.2, -0.15) is 0 Å². The highest BCUT2D eigenvalue weighted by Gasteiger charge is 2.29. The molecule has 2 rings (SSSR count). The van der Waals surface area contributed by atoms with Gasteiger partial charge in [-0.15, -0.1) is 0 Å². The largest absolute Gasteiger partial charge is 0.369 e. The normalized spacial score (nSPS) is 22.7. The molecular formula is C12H16N4O3. The lowest BCUT2D eigenvalue weighted by Crippen LogP contribution is -2.40. The SMILES string of the molecule is NC(=O)C1CCCCC1Nc1ccc([N+](=O)[O-])cn1. The third-order valence-corrected chi connectivity index (χ3v) is 3.42. The maximum atomic E-state index is 11.4. The van der Waals surface area contributed by atoms with Gasteiger partial charge < -0.3 is 11.1 Å². The van der Waals surface area contributed by atoms with E-state index in [1.807, 2.05) is 0 Å². The van der Waals surface area contributed by atoms with Gasteiger partial charge in [0, 0.05) is 12.1 Å². The summed E-state index contributed by atoms with van der Waals surface area (Å²) < 4.78 is 0. The van der Waals surface area contributed by atoms with E-state index in [0.29, 0.717) is 5.82 Å². The first-order valence-corrected chi connectivity index (χ1v) is 6.24. The molecule has 1 heterocycles. The zero-order valence-electron chi connectivity index (χ0n) is 10.4. The molecule has 3 N–H and O–H groups in total. The molecule has 1 amide bonds. The molecule has 2 atom stereocenters. The van der Waals surface area contributed by atoms with Crippen LogP contribution in [0.15, 0.2) is 18.3 Å². The minimum absolute atomic E-state index is 0.0415. The van der Waals surface area contributed by atoms with Crippen LogP contribution in [0.25, 0.3) is 0 Å². The van der Waals surface area contributed by atoms with Crippen molar-refractivity contribution in [2.24, 2.45) is 11.7 Å². The third-order valence-electron chi connectivity index (χ3n) is 3.42. The number of amides is 1. The van der Waals surface area contributed by atoms with Crippen molar-refractivity contribution in [3.8, 4) is 0 Å². The quantitative estimate of drug-likeness (QED) is 0.631. The van der Waals surface area contributed by atoms with Crippen LogP contribution in [-0.4, -0.2) is 21.9 Å². The van der Waals surface area contributed by atoms with E-state index in [9.17, 15) is 14.9 Å². The van der Waals surface area contributed by atoms with Crippen molar-refractivity contribution in [1.82, 2.24) is 4.98 Å². The second-order valence-electron chi connectivity index (χ2n) is 4.70. The number of primary amides is 1. The second kappa shape index (κ2) is 5.64. The molecular weight excluding hydrogens is 248 g/mol. The van der Waals surface area contributed by atoms with Crippen LogP contribution in [-0.2, 0) is 4.79 Å². The standard InChI is InChI=1S/C12H16N4O3/c13-12(17)9-3-1-2-4-10(9)15-11-6-5-8(7-14-11)16(18)19/h5-7,9-10H,1-4H2,(H2,13,17)(H,14,15). The number of carbonyl (C=O) groups is 1. The molecule has 1 aromatic rings. The molecule has 1 aromatic heterocycles. The van der Waals surface area contributed by atoms with Crippen LogP contribution < -0.4 is 11.1 Å². The predicted molar refractivity (Wildman–Crippen MR) is 69.5 cm³/mol. The number of carbonyl (C=O) groups excluding carboxylic acids is 1. The fourth-order valence-electron chi connectivity index (χ4n) is 2.41. The average molecular weight is 264 g/mol. The summed E-state index contributed by atoms with van der Waals surface area (Å²) in [5.74, 6) is 0.0219. The lowest BCUT2D eigenvalue weighted by molar-refractivity contribution is -0.385. The first-order chi connectivity index (χ1) is 9.08. The van der Waals surface area contributed by atoms with Crippen LogP contribution >= 0.6 is 0 Å². The van der Waals surface area contributed by atoms with E-state index >= 15 is 0 Å². The number of nitrogens with one attached hydrogen (secondary N) is 1. The van der Waals surface area contributed by atoms with Crippen molar-refractivity contribution in [3.05, 3.63) is 28.4 Å². The second-order valence-corrected chi connectivity index (χ2v) is 4.70. The lowest BCUT2D eigenvalue weighted by Gasteiger charge is -2.30. The number of nitro groups is 1. The fourth-order valence-corrected chi connectivity index (χ4v) is 2.41. The monoisotopic (exact) mass is 264 g/mol. The van der Waals surface area contributed by atoms with Gasteiger partial charge in [0.2, 0.25) is 5.91 Å². The fraction of sp³-hybridized carbons (Fsp3) is 0.500. The molecule has 0 spiro atoms. The van der Waals surface area contributed by atoms with Crippen molar-refractivity contribution in [3.63, 3.8) is 0 Å². The zero-order valence-corrected chi connectivity index (χ0v) is 10.4. The van der Waals surface area contributed by atoms with Crippen LogP contribution in [0.1, 0.15) is 25.7 Å². The molecule has 1 saturated carbocycles. The van der Waals surface area contributed by atoms with Gasteiger partial charge >= 0.3 is 0 Å². The van der Waals surface area contributed by atoms with Crippen LogP contribution in [0.2, 0.25) is 0 Å². The van der Waals surface area contributed by atoms with E-state index in [4.69, 9.17) is 5.73 Å². The Kier molecular flexibility index (Phi) is 3.94. The van der Waals surface area contributed by atoms with E-state index in [1.165, 1.54) is 12.3 Å². The number of rotatable bonds is 4. The Labute approximate surface area is 110 Å². The Balaban J connectivity index is 2.06. The van der Waals surface area contributed by atoms with Gasteiger partial charge in [0.05, 0.1) is 10.8 Å². The summed E-state index contributed by atoms with van der Waals surface area (Å²) in [6.07, 6.45) is 4.87. The van der Waals surface area contributed by atoms with Crippen LogP contribution in [0.4, 0.5) is 11.5 Å². The van der Waals surface area contributed by atoms with E-state index in [0.717, 1.165) is 25.7 Å². The maximum Gasteiger partial charge on any atom is 0.287 e.